The summed E-state index contributed by atoms with van der Waals surface area (Å²) in [6, 6.07) is 3.02. The van der Waals surface area contributed by atoms with E-state index in [1.807, 2.05) is 0 Å². The second-order valence-electron chi connectivity index (χ2n) is 6.29. The summed E-state index contributed by atoms with van der Waals surface area (Å²) in [5, 5.41) is 43.6. The molecule has 5 atom stereocenters. The zero-order valence-corrected chi connectivity index (χ0v) is 17.7. The lowest BCUT2D eigenvalue weighted by atomic mass is 9.87. The molecule has 0 spiro atoms. The van der Waals surface area contributed by atoms with Gasteiger partial charge in [0.1, 0.15) is 24.4 Å². The summed E-state index contributed by atoms with van der Waals surface area (Å²) in [5.74, 6) is 0.279. The van der Waals surface area contributed by atoms with Crippen LogP contribution in [0.2, 0.25) is 0 Å². The molecule has 1 fully saturated rings. The van der Waals surface area contributed by atoms with Gasteiger partial charge in [0.05, 0.1) is 20.8 Å². The van der Waals surface area contributed by atoms with Crippen LogP contribution in [-0.2, 0) is 30.8 Å². The van der Waals surface area contributed by atoms with E-state index in [-0.39, 0.29) is 23.5 Å². The monoisotopic (exact) mass is 469 g/mol. The van der Waals surface area contributed by atoms with E-state index in [2.05, 4.69) is 22.1 Å². The summed E-state index contributed by atoms with van der Waals surface area (Å²) < 4.78 is 50.0. The normalized spacial score (nSPS) is 29.7. The number of oxime groups is 1. The Labute approximate surface area is 178 Å². The maximum absolute atomic E-state index is 10.7. The smallest absolute Gasteiger partial charge is 0.466 e. The first-order valence-electron chi connectivity index (χ1n) is 8.47. The molecule has 30 heavy (non-hydrogen) atoms. The highest BCUT2D eigenvalue weighted by Crippen LogP contribution is 2.49. The Bertz CT molecular complexity index is 876. The highest BCUT2D eigenvalue weighted by Gasteiger charge is 2.54. The van der Waals surface area contributed by atoms with Gasteiger partial charge in [-0.25, -0.2) is 4.28 Å². The number of methoxy groups -OCH3 is 2. The lowest BCUT2D eigenvalue weighted by Gasteiger charge is -2.47. The Kier molecular flexibility index (Phi) is 7.92. The number of ether oxygens (including phenoxy) is 3. The fourth-order valence-corrected chi connectivity index (χ4v) is 3.81. The first-order valence-corrected chi connectivity index (χ1v) is 10.3. The van der Waals surface area contributed by atoms with Crippen LogP contribution >= 0.6 is 12.6 Å². The molecule has 0 amide bonds. The molecule has 0 unspecified atom stereocenters. The van der Waals surface area contributed by atoms with Crippen molar-refractivity contribution in [3.8, 4) is 11.5 Å². The van der Waals surface area contributed by atoms with E-state index in [0.717, 1.165) is 6.21 Å². The molecule has 2 rings (SSSR count). The van der Waals surface area contributed by atoms with Gasteiger partial charge in [0, 0.05) is 18.2 Å². The molecule has 1 aliphatic rings. The van der Waals surface area contributed by atoms with Gasteiger partial charge in [-0.2, -0.15) is 8.42 Å². The van der Waals surface area contributed by atoms with E-state index in [0.29, 0.717) is 5.56 Å². The van der Waals surface area contributed by atoms with Crippen LogP contribution in [0.3, 0.4) is 0 Å². The predicted molar refractivity (Wildman–Crippen MR) is 105 cm³/mol. The largest absolute Gasteiger partial charge is 0.493 e. The van der Waals surface area contributed by atoms with Crippen LogP contribution in [0.4, 0.5) is 0 Å². The highest BCUT2D eigenvalue weighted by molar-refractivity contribution is 7.81. The van der Waals surface area contributed by atoms with E-state index >= 15 is 0 Å². The Morgan fingerprint density at radius 2 is 1.90 bits per heavy atom. The third kappa shape index (κ3) is 4.97. The minimum atomic E-state index is -4.79. The minimum Gasteiger partial charge on any atom is -0.493 e. The SMILES string of the molecule is COc1ccc(CC=NOS(=O)(=O)O)c([C@@]2(S)O[C@H](CO)[C@H](O)[C@H](O)[C@H]2O)c1OC. The number of aliphatic hydroxyl groups excluding tert-OH is 4. The van der Waals surface area contributed by atoms with Crippen molar-refractivity contribution in [1.29, 1.82) is 0 Å². The number of benzene rings is 1. The third-order valence-electron chi connectivity index (χ3n) is 4.48. The molecule has 12 nitrogen and oxygen atoms in total. The third-order valence-corrected chi connectivity index (χ3v) is 5.35. The Morgan fingerprint density at radius 3 is 2.43 bits per heavy atom. The van der Waals surface area contributed by atoms with Crippen molar-refractivity contribution in [3.05, 3.63) is 23.3 Å². The van der Waals surface area contributed by atoms with Crippen molar-refractivity contribution < 1.29 is 51.9 Å². The van der Waals surface area contributed by atoms with Crippen LogP contribution in [0.5, 0.6) is 11.5 Å². The molecular weight excluding hydrogens is 446 g/mol. The highest BCUT2D eigenvalue weighted by atomic mass is 32.3. The van der Waals surface area contributed by atoms with E-state index in [1.165, 1.54) is 26.4 Å². The quantitative estimate of drug-likeness (QED) is 0.114. The number of hydrogen-bond donors (Lipinski definition) is 6. The molecule has 1 heterocycles. The standard InChI is InChI=1S/C16H23NO11S2/c1-25-9-4-3-8(5-6-17-28-30(22,23)24)11(14(9)26-2)16(29)15(21)13(20)12(19)10(7-18)27-16/h3-4,6,10,12-13,15,18-21,29H,5,7H2,1-2H3,(H,22,23,24)/t10-,12+,13+,15-,16+/m1/s1. The second kappa shape index (κ2) is 9.65. The zero-order valence-electron chi connectivity index (χ0n) is 15.9. The van der Waals surface area contributed by atoms with Crippen molar-refractivity contribution >= 4 is 29.2 Å². The van der Waals surface area contributed by atoms with Gasteiger partial charge in [-0.1, -0.05) is 11.2 Å². The van der Waals surface area contributed by atoms with Gasteiger partial charge in [0.2, 0.25) is 0 Å². The molecule has 1 saturated heterocycles. The maximum atomic E-state index is 10.7. The fraction of sp³-hybridized carbons (Fsp3) is 0.562. The number of thiol groups is 1. The molecule has 0 radical (unpaired) electrons. The summed E-state index contributed by atoms with van der Waals surface area (Å²) in [6.45, 7) is -0.682. The van der Waals surface area contributed by atoms with E-state index in [4.69, 9.17) is 18.8 Å². The van der Waals surface area contributed by atoms with Crippen LogP contribution in [0, 0.1) is 0 Å². The van der Waals surface area contributed by atoms with Crippen molar-refractivity contribution in [1.82, 2.24) is 0 Å². The summed E-state index contributed by atoms with van der Waals surface area (Å²) in [5.41, 5.74) is 0.396. The van der Waals surface area contributed by atoms with Gasteiger partial charge >= 0.3 is 10.4 Å². The summed E-state index contributed by atoms with van der Waals surface area (Å²) in [7, 11) is -2.12. The van der Waals surface area contributed by atoms with Crippen molar-refractivity contribution in [3.63, 3.8) is 0 Å². The van der Waals surface area contributed by atoms with E-state index in [9.17, 15) is 28.8 Å². The van der Waals surface area contributed by atoms with Crippen molar-refractivity contribution in [2.75, 3.05) is 20.8 Å². The molecule has 1 aliphatic heterocycles. The van der Waals surface area contributed by atoms with Gasteiger partial charge in [0.25, 0.3) is 0 Å². The lowest BCUT2D eigenvalue weighted by molar-refractivity contribution is -0.245. The number of rotatable bonds is 8. The van der Waals surface area contributed by atoms with Crippen molar-refractivity contribution in [2.24, 2.45) is 5.16 Å². The minimum absolute atomic E-state index is 0.0634. The summed E-state index contributed by atoms with van der Waals surface area (Å²) in [4.78, 5) is -1.99. The average molecular weight is 469 g/mol. The van der Waals surface area contributed by atoms with E-state index < -0.39 is 46.4 Å². The summed E-state index contributed by atoms with van der Waals surface area (Å²) >= 11 is 4.42. The van der Waals surface area contributed by atoms with Gasteiger partial charge < -0.3 is 34.6 Å². The molecule has 5 N–H and O–H groups in total. The number of nitrogens with zero attached hydrogens (tertiary/aromatic N) is 1. The van der Waals surface area contributed by atoms with Crippen LogP contribution in [0.15, 0.2) is 17.3 Å². The molecule has 1 aromatic carbocycles. The molecule has 0 bridgehead atoms. The van der Waals surface area contributed by atoms with Gasteiger partial charge in [-0.15, -0.1) is 12.6 Å². The molecule has 14 heteroatoms. The van der Waals surface area contributed by atoms with Crippen LogP contribution < -0.4 is 9.47 Å². The molecule has 0 aliphatic carbocycles. The molecule has 1 aromatic rings. The van der Waals surface area contributed by atoms with E-state index in [1.54, 1.807) is 0 Å². The Balaban J connectivity index is 2.59. The molecule has 0 saturated carbocycles. The Morgan fingerprint density at radius 1 is 1.23 bits per heavy atom. The van der Waals surface area contributed by atoms with Crippen LogP contribution in [-0.4, -0.2) is 84.9 Å². The molecule has 0 aromatic heterocycles. The van der Waals surface area contributed by atoms with Crippen LogP contribution in [0.1, 0.15) is 11.1 Å². The second-order valence-corrected chi connectivity index (χ2v) is 7.96. The topological polar surface area (TPSA) is 185 Å². The molecule has 170 valence electrons. The molecular formula is C16H23NO11S2. The zero-order chi connectivity index (χ0) is 22.7. The van der Waals surface area contributed by atoms with Gasteiger partial charge in [0.15, 0.2) is 16.4 Å². The first kappa shape index (κ1) is 24.6. The number of hydrogen-bond acceptors (Lipinski definition) is 12. The fourth-order valence-electron chi connectivity index (χ4n) is 3.11. The number of aliphatic hydroxyl groups is 4. The first-order chi connectivity index (χ1) is 14.0. The van der Waals surface area contributed by atoms with Crippen LogP contribution in [0.25, 0.3) is 0 Å². The van der Waals surface area contributed by atoms with Gasteiger partial charge in [-0.3, -0.25) is 4.55 Å². The predicted octanol–water partition coefficient (Wildman–Crippen LogP) is -1.39. The summed E-state index contributed by atoms with van der Waals surface area (Å²) in [6.07, 6.45) is -5.50. The van der Waals surface area contributed by atoms with Gasteiger partial charge in [-0.05, 0) is 11.6 Å². The average Bonchev–Trinajstić information content (AvgIpc) is 2.70. The maximum Gasteiger partial charge on any atom is 0.466 e. The lowest BCUT2D eigenvalue weighted by Crippen LogP contribution is -2.61. The van der Waals surface area contributed by atoms with Crippen molar-refractivity contribution in [2.45, 2.75) is 35.8 Å². The Hall–Kier alpha value is -1.65.